The molecule has 1 aliphatic carbocycles. The van der Waals surface area contributed by atoms with E-state index >= 15 is 0 Å². The molecule has 1 aromatic carbocycles. The molecule has 0 spiro atoms. The summed E-state index contributed by atoms with van der Waals surface area (Å²) >= 11 is 0. The van der Waals surface area contributed by atoms with Crippen molar-refractivity contribution in [3.8, 4) is 5.75 Å². The number of rotatable bonds is 5. The summed E-state index contributed by atoms with van der Waals surface area (Å²) in [6.07, 6.45) is 0.259. The largest absolute Gasteiger partial charge is 0.497 e. The van der Waals surface area contributed by atoms with Crippen LogP contribution in [0.2, 0.25) is 0 Å². The van der Waals surface area contributed by atoms with E-state index in [-0.39, 0.29) is 18.6 Å². The molecule has 136 valence electrons. The molecule has 1 aromatic rings. The number of methoxy groups -OCH3 is 3. The Kier molecular flexibility index (Phi) is 5.20. The van der Waals surface area contributed by atoms with Crippen molar-refractivity contribution in [2.24, 2.45) is 16.7 Å². The van der Waals surface area contributed by atoms with Crippen LogP contribution in [0.15, 0.2) is 24.3 Å². The van der Waals surface area contributed by atoms with Gasteiger partial charge in [0.25, 0.3) is 0 Å². The van der Waals surface area contributed by atoms with Crippen molar-refractivity contribution in [3.05, 3.63) is 29.8 Å². The second-order valence-electron chi connectivity index (χ2n) is 7.08. The standard InChI is InChI=1S/C19H24O6/c1-18(2)11-19(16(21)24-4,17(22)25-5)10-14(18)15(20)12-7-6-8-13(9-12)23-3/h6-9,14H,10-11H2,1-5H3. The molecule has 1 saturated carbocycles. The lowest BCUT2D eigenvalue weighted by atomic mass is 9.77. The van der Waals surface area contributed by atoms with Crippen molar-refractivity contribution < 1.29 is 28.6 Å². The summed E-state index contributed by atoms with van der Waals surface area (Å²) < 4.78 is 14.9. The van der Waals surface area contributed by atoms with E-state index in [9.17, 15) is 14.4 Å². The number of ketones is 1. The number of hydrogen-bond donors (Lipinski definition) is 0. The third kappa shape index (κ3) is 3.25. The zero-order valence-corrected chi connectivity index (χ0v) is 15.3. The molecule has 0 radical (unpaired) electrons. The van der Waals surface area contributed by atoms with Gasteiger partial charge in [0.2, 0.25) is 0 Å². The molecule has 0 amide bonds. The van der Waals surface area contributed by atoms with E-state index in [0.717, 1.165) is 0 Å². The van der Waals surface area contributed by atoms with Crippen LogP contribution >= 0.6 is 0 Å². The van der Waals surface area contributed by atoms with E-state index < -0.39 is 28.7 Å². The molecular formula is C19H24O6. The number of Topliss-reactive ketones (excluding diaryl/α,β-unsaturated/α-hetero) is 1. The highest BCUT2D eigenvalue weighted by atomic mass is 16.5. The smallest absolute Gasteiger partial charge is 0.323 e. The molecule has 6 nitrogen and oxygen atoms in total. The van der Waals surface area contributed by atoms with E-state index in [2.05, 4.69) is 0 Å². The second kappa shape index (κ2) is 6.86. The minimum absolute atomic E-state index is 0.0649. The third-order valence-corrected chi connectivity index (χ3v) is 5.08. The van der Waals surface area contributed by atoms with Crippen LogP contribution in [0.3, 0.4) is 0 Å². The molecule has 1 unspecified atom stereocenters. The Hall–Kier alpha value is -2.37. The van der Waals surface area contributed by atoms with Crippen LogP contribution in [0.1, 0.15) is 37.0 Å². The van der Waals surface area contributed by atoms with Gasteiger partial charge in [0.1, 0.15) is 5.75 Å². The van der Waals surface area contributed by atoms with E-state index in [0.29, 0.717) is 11.3 Å². The van der Waals surface area contributed by atoms with Crippen LogP contribution in [-0.4, -0.2) is 39.1 Å². The summed E-state index contributed by atoms with van der Waals surface area (Å²) in [6, 6.07) is 6.86. The summed E-state index contributed by atoms with van der Waals surface area (Å²) in [7, 11) is 4.00. The maximum Gasteiger partial charge on any atom is 0.323 e. The molecule has 2 rings (SSSR count). The average Bonchev–Trinajstić information content (AvgIpc) is 2.92. The maximum absolute atomic E-state index is 13.1. The minimum atomic E-state index is -1.45. The lowest BCUT2D eigenvalue weighted by Gasteiger charge is -2.26. The fourth-order valence-corrected chi connectivity index (χ4v) is 3.81. The molecule has 1 atom stereocenters. The molecule has 1 aliphatic rings. The van der Waals surface area contributed by atoms with Gasteiger partial charge in [-0.1, -0.05) is 26.0 Å². The Labute approximate surface area is 147 Å². The Morgan fingerprint density at radius 1 is 1.04 bits per heavy atom. The summed E-state index contributed by atoms with van der Waals surface area (Å²) in [4.78, 5) is 37.8. The van der Waals surface area contributed by atoms with Crippen LogP contribution < -0.4 is 4.74 Å². The monoisotopic (exact) mass is 348 g/mol. The van der Waals surface area contributed by atoms with Crippen molar-refractivity contribution in [2.75, 3.05) is 21.3 Å². The molecule has 25 heavy (non-hydrogen) atoms. The summed E-state index contributed by atoms with van der Waals surface area (Å²) in [5, 5.41) is 0. The van der Waals surface area contributed by atoms with Crippen LogP contribution in [0, 0.1) is 16.7 Å². The Morgan fingerprint density at radius 2 is 1.64 bits per heavy atom. The summed E-state index contributed by atoms with van der Waals surface area (Å²) in [6.45, 7) is 3.76. The van der Waals surface area contributed by atoms with Crippen molar-refractivity contribution in [1.82, 2.24) is 0 Å². The molecule has 0 heterocycles. The fourth-order valence-electron chi connectivity index (χ4n) is 3.81. The molecule has 6 heteroatoms. The number of carbonyl (C=O) groups excluding carboxylic acids is 3. The van der Waals surface area contributed by atoms with Crippen molar-refractivity contribution in [2.45, 2.75) is 26.7 Å². The highest BCUT2D eigenvalue weighted by Crippen LogP contribution is 2.55. The van der Waals surface area contributed by atoms with Gasteiger partial charge in [0, 0.05) is 11.5 Å². The average molecular weight is 348 g/mol. The second-order valence-corrected chi connectivity index (χ2v) is 7.08. The van der Waals surface area contributed by atoms with Crippen LogP contribution in [0.5, 0.6) is 5.75 Å². The number of benzene rings is 1. The van der Waals surface area contributed by atoms with Gasteiger partial charge in [-0.3, -0.25) is 14.4 Å². The fraction of sp³-hybridized carbons (Fsp3) is 0.526. The Bertz CT molecular complexity index is 675. The summed E-state index contributed by atoms with van der Waals surface area (Å²) in [5.74, 6) is -1.38. The molecule has 0 saturated heterocycles. The predicted molar refractivity (Wildman–Crippen MR) is 90.3 cm³/mol. The Morgan fingerprint density at radius 3 is 2.16 bits per heavy atom. The Balaban J connectivity index is 2.42. The normalized spacial score (nSPS) is 20.6. The molecule has 1 fully saturated rings. The maximum atomic E-state index is 13.1. The van der Waals surface area contributed by atoms with Crippen LogP contribution in [0.4, 0.5) is 0 Å². The highest BCUT2D eigenvalue weighted by Gasteiger charge is 2.61. The number of esters is 2. The van der Waals surface area contributed by atoms with E-state index in [4.69, 9.17) is 14.2 Å². The number of hydrogen-bond acceptors (Lipinski definition) is 6. The molecular weight excluding hydrogens is 324 g/mol. The first kappa shape index (κ1) is 19.0. The molecule has 0 bridgehead atoms. The van der Waals surface area contributed by atoms with Gasteiger partial charge in [-0.15, -0.1) is 0 Å². The van der Waals surface area contributed by atoms with Crippen LogP contribution in [0.25, 0.3) is 0 Å². The first-order valence-corrected chi connectivity index (χ1v) is 8.07. The number of ether oxygens (including phenoxy) is 3. The lowest BCUT2D eigenvalue weighted by Crippen LogP contribution is -2.39. The molecule has 0 aromatic heterocycles. The minimum Gasteiger partial charge on any atom is -0.497 e. The van der Waals surface area contributed by atoms with Gasteiger partial charge in [-0.25, -0.2) is 0 Å². The molecule has 0 aliphatic heterocycles. The van der Waals surface area contributed by atoms with E-state index in [1.54, 1.807) is 24.3 Å². The van der Waals surface area contributed by atoms with Gasteiger partial charge in [0.15, 0.2) is 11.2 Å². The lowest BCUT2D eigenvalue weighted by molar-refractivity contribution is -0.169. The van der Waals surface area contributed by atoms with E-state index in [1.165, 1.54) is 21.3 Å². The zero-order chi connectivity index (χ0) is 18.8. The topological polar surface area (TPSA) is 78.9 Å². The first-order chi connectivity index (χ1) is 11.7. The van der Waals surface area contributed by atoms with E-state index in [1.807, 2.05) is 13.8 Å². The van der Waals surface area contributed by atoms with Gasteiger partial charge in [-0.05, 0) is 30.4 Å². The predicted octanol–water partition coefficient (Wildman–Crippen LogP) is 2.65. The van der Waals surface area contributed by atoms with Crippen molar-refractivity contribution in [1.29, 1.82) is 0 Å². The highest BCUT2D eigenvalue weighted by molar-refractivity contribution is 6.04. The zero-order valence-electron chi connectivity index (χ0n) is 15.3. The van der Waals surface area contributed by atoms with Crippen molar-refractivity contribution in [3.63, 3.8) is 0 Å². The van der Waals surface area contributed by atoms with Crippen LogP contribution in [-0.2, 0) is 19.1 Å². The van der Waals surface area contributed by atoms with Crippen molar-refractivity contribution >= 4 is 17.7 Å². The quantitative estimate of drug-likeness (QED) is 0.462. The first-order valence-electron chi connectivity index (χ1n) is 8.07. The number of carbonyl (C=O) groups is 3. The molecule has 0 N–H and O–H groups in total. The SMILES string of the molecule is COC(=O)C1(C(=O)OC)CC(C(=O)c2cccc(OC)c2)C(C)(C)C1. The van der Waals surface area contributed by atoms with Gasteiger partial charge in [0.05, 0.1) is 21.3 Å². The van der Waals surface area contributed by atoms with Gasteiger partial charge >= 0.3 is 11.9 Å². The summed E-state index contributed by atoms with van der Waals surface area (Å²) in [5.41, 5.74) is -1.53. The van der Waals surface area contributed by atoms with Gasteiger partial charge < -0.3 is 14.2 Å². The van der Waals surface area contributed by atoms with Gasteiger partial charge in [-0.2, -0.15) is 0 Å². The third-order valence-electron chi connectivity index (χ3n) is 5.08.